The van der Waals surface area contributed by atoms with Gasteiger partial charge >= 0.3 is 0 Å². The standard InChI is InChI=1S/C13H10N4O/c18-13(16-10-4-6-14-7-5-10)11-9-15-12-3-1-2-8-17(11)12/h1-9H,(H,14,16,18). The zero-order valence-corrected chi connectivity index (χ0v) is 9.45. The Morgan fingerprint density at radius 3 is 2.83 bits per heavy atom. The molecule has 88 valence electrons. The number of nitrogens with one attached hydrogen (secondary N) is 1. The van der Waals surface area contributed by atoms with Crippen LogP contribution < -0.4 is 5.32 Å². The maximum atomic E-state index is 12.1. The van der Waals surface area contributed by atoms with Gasteiger partial charge in [0.2, 0.25) is 0 Å². The number of fused-ring (bicyclic) bond motifs is 1. The molecule has 0 aliphatic rings. The average Bonchev–Trinajstić information content (AvgIpc) is 2.84. The Kier molecular flexibility index (Phi) is 2.49. The van der Waals surface area contributed by atoms with Crippen LogP contribution in [0.25, 0.3) is 5.65 Å². The van der Waals surface area contributed by atoms with E-state index in [9.17, 15) is 4.79 Å². The summed E-state index contributed by atoms with van der Waals surface area (Å²) in [5.41, 5.74) is 1.96. The molecular formula is C13H10N4O. The minimum Gasteiger partial charge on any atom is -0.321 e. The number of aromatic nitrogens is 3. The number of pyridine rings is 2. The summed E-state index contributed by atoms with van der Waals surface area (Å²) in [5, 5.41) is 2.80. The fraction of sp³-hybridized carbons (Fsp3) is 0. The molecule has 3 heterocycles. The molecule has 0 aliphatic carbocycles. The molecule has 18 heavy (non-hydrogen) atoms. The number of hydrogen-bond donors (Lipinski definition) is 1. The van der Waals surface area contributed by atoms with Crippen molar-refractivity contribution in [2.24, 2.45) is 0 Å². The molecular weight excluding hydrogens is 228 g/mol. The summed E-state index contributed by atoms with van der Waals surface area (Å²) >= 11 is 0. The summed E-state index contributed by atoms with van der Waals surface area (Å²) in [6.07, 6.45) is 6.63. The molecule has 0 bridgehead atoms. The van der Waals surface area contributed by atoms with Crippen LogP contribution in [0.5, 0.6) is 0 Å². The monoisotopic (exact) mass is 238 g/mol. The highest BCUT2D eigenvalue weighted by Crippen LogP contribution is 2.10. The molecule has 3 rings (SSSR count). The molecule has 0 atom stereocenters. The number of hydrogen-bond acceptors (Lipinski definition) is 3. The highest BCUT2D eigenvalue weighted by Gasteiger charge is 2.11. The van der Waals surface area contributed by atoms with Crippen molar-refractivity contribution in [3.63, 3.8) is 0 Å². The largest absolute Gasteiger partial charge is 0.321 e. The zero-order valence-electron chi connectivity index (χ0n) is 9.45. The van der Waals surface area contributed by atoms with Gasteiger partial charge in [0.15, 0.2) is 0 Å². The van der Waals surface area contributed by atoms with Crippen molar-refractivity contribution in [3.8, 4) is 0 Å². The summed E-state index contributed by atoms with van der Waals surface area (Å²) in [6.45, 7) is 0. The predicted octanol–water partition coefficient (Wildman–Crippen LogP) is 1.98. The van der Waals surface area contributed by atoms with E-state index in [4.69, 9.17) is 0 Å². The van der Waals surface area contributed by atoms with Crippen LogP contribution in [-0.2, 0) is 0 Å². The lowest BCUT2D eigenvalue weighted by atomic mass is 10.3. The molecule has 0 unspecified atom stereocenters. The van der Waals surface area contributed by atoms with Crippen LogP contribution in [0.2, 0.25) is 0 Å². The Morgan fingerprint density at radius 2 is 2.00 bits per heavy atom. The molecule has 5 nitrogen and oxygen atoms in total. The Morgan fingerprint density at radius 1 is 1.17 bits per heavy atom. The van der Waals surface area contributed by atoms with Gasteiger partial charge in [-0.3, -0.25) is 14.2 Å². The maximum absolute atomic E-state index is 12.1. The van der Waals surface area contributed by atoms with Crippen LogP contribution in [0.3, 0.4) is 0 Å². The molecule has 0 saturated heterocycles. The minimum absolute atomic E-state index is 0.195. The lowest BCUT2D eigenvalue weighted by Crippen LogP contribution is -2.14. The van der Waals surface area contributed by atoms with Crippen LogP contribution in [-0.4, -0.2) is 20.3 Å². The predicted molar refractivity (Wildman–Crippen MR) is 67.4 cm³/mol. The lowest BCUT2D eigenvalue weighted by molar-refractivity contribution is 0.102. The van der Waals surface area contributed by atoms with Crippen LogP contribution in [0, 0.1) is 0 Å². The number of carbonyl (C=O) groups excluding carboxylic acids is 1. The van der Waals surface area contributed by atoms with Gasteiger partial charge in [-0.2, -0.15) is 0 Å². The molecule has 3 aromatic heterocycles. The van der Waals surface area contributed by atoms with E-state index in [0.29, 0.717) is 11.4 Å². The Bertz CT molecular complexity index is 690. The fourth-order valence-electron chi connectivity index (χ4n) is 1.73. The number of amides is 1. The van der Waals surface area contributed by atoms with Gasteiger partial charge in [0.1, 0.15) is 11.3 Å². The van der Waals surface area contributed by atoms with E-state index in [1.807, 2.05) is 24.4 Å². The molecule has 0 radical (unpaired) electrons. The third-order valence-corrected chi connectivity index (χ3v) is 2.59. The molecule has 3 aromatic rings. The highest BCUT2D eigenvalue weighted by molar-refractivity contribution is 6.03. The topological polar surface area (TPSA) is 59.3 Å². The number of nitrogens with zero attached hydrogens (tertiary/aromatic N) is 3. The van der Waals surface area contributed by atoms with Gasteiger partial charge < -0.3 is 5.32 Å². The van der Waals surface area contributed by atoms with E-state index < -0.39 is 0 Å². The lowest BCUT2D eigenvalue weighted by Gasteiger charge is -2.04. The first kappa shape index (κ1) is 10.5. The number of carbonyl (C=O) groups is 1. The van der Waals surface area contributed by atoms with Gasteiger partial charge in [0.05, 0.1) is 6.20 Å². The Balaban J connectivity index is 1.93. The SMILES string of the molecule is O=C(Nc1ccncc1)c1cnc2ccccn12. The Labute approximate surface area is 103 Å². The number of rotatable bonds is 2. The van der Waals surface area contributed by atoms with Crippen molar-refractivity contribution in [2.75, 3.05) is 5.32 Å². The summed E-state index contributed by atoms with van der Waals surface area (Å²) in [5.74, 6) is -0.195. The summed E-state index contributed by atoms with van der Waals surface area (Å²) in [6, 6.07) is 9.07. The zero-order chi connectivity index (χ0) is 12.4. The van der Waals surface area contributed by atoms with E-state index >= 15 is 0 Å². The molecule has 0 saturated carbocycles. The van der Waals surface area contributed by atoms with Crippen LogP contribution in [0.15, 0.2) is 55.1 Å². The maximum Gasteiger partial charge on any atom is 0.274 e. The first-order valence-electron chi connectivity index (χ1n) is 5.48. The molecule has 0 aliphatic heterocycles. The second-order valence-corrected chi connectivity index (χ2v) is 3.76. The van der Waals surface area contributed by atoms with E-state index in [2.05, 4.69) is 15.3 Å². The van der Waals surface area contributed by atoms with Crippen LogP contribution in [0.4, 0.5) is 5.69 Å². The molecule has 5 heteroatoms. The van der Waals surface area contributed by atoms with Gasteiger partial charge in [-0.25, -0.2) is 4.98 Å². The fourth-order valence-corrected chi connectivity index (χ4v) is 1.73. The normalized spacial score (nSPS) is 10.4. The molecule has 0 fully saturated rings. The number of anilines is 1. The summed E-state index contributed by atoms with van der Waals surface area (Å²) in [7, 11) is 0. The van der Waals surface area contributed by atoms with Gasteiger partial charge in [0.25, 0.3) is 5.91 Å². The van der Waals surface area contributed by atoms with Gasteiger partial charge in [-0.1, -0.05) is 6.07 Å². The molecule has 1 N–H and O–H groups in total. The number of imidazole rings is 1. The van der Waals surface area contributed by atoms with Gasteiger partial charge in [0, 0.05) is 24.3 Å². The smallest absolute Gasteiger partial charge is 0.274 e. The first-order chi connectivity index (χ1) is 8.84. The Hall–Kier alpha value is -2.69. The van der Waals surface area contributed by atoms with Crippen LogP contribution >= 0.6 is 0 Å². The highest BCUT2D eigenvalue weighted by atomic mass is 16.1. The molecule has 1 amide bonds. The van der Waals surface area contributed by atoms with Crippen LogP contribution in [0.1, 0.15) is 10.5 Å². The average molecular weight is 238 g/mol. The van der Waals surface area contributed by atoms with Gasteiger partial charge in [-0.15, -0.1) is 0 Å². The van der Waals surface area contributed by atoms with Crippen molar-refractivity contribution < 1.29 is 4.79 Å². The van der Waals surface area contributed by atoms with Crippen molar-refractivity contribution in [3.05, 3.63) is 60.8 Å². The minimum atomic E-state index is -0.195. The van der Waals surface area contributed by atoms with E-state index in [0.717, 1.165) is 5.65 Å². The van der Waals surface area contributed by atoms with E-state index in [-0.39, 0.29) is 5.91 Å². The summed E-state index contributed by atoms with van der Waals surface area (Å²) < 4.78 is 1.75. The second kappa shape index (κ2) is 4.29. The van der Waals surface area contributed by atoms with E-state index in [1.54, 1.807) is 35.1 Å². The van der Waals surface area contributed by atoms with E-state index in [1.165, 1.54) is 0 Å². The molecule has 0 spiro atoms. The third-order valence-electron chi connectivity index (χ3n) is 2.59. The first-order valence-corrected chi connectivity index (χ1v) is 5.48. The summed E-state index contributed by atoms with van der Waals surface area (Å²) in [4.78, 5) is 20.2. The van der Waals surface area contributed by atoms with Crippen molar-refractivity contribution in [1.82, 2.24) is 14.4 Å². The quantitative estimate of drug-likeness (QED) is 0.742. The van der Waals surface area contributed by atoms with Gasteiger partial charge in [-0.05, 0) is 24.3 Å². The second-order valence-electron chi connectivity index (χ2n) is 3.76. The molecule has 0 aromatic carbocycles. The van der Waals surface area contributed by atoms with Crippen molar-refractivity contribution in [1.29, 1.82) is 0 Å². The third kappa shape index (κ3) is 1.82. The van der Waals surface area contributed by atoms with Crippen molar-refractivity contribution in [2.45, 2.75) is 0 Å². The van der Waals surface area contributed by atoms with Crippen molar-refractivity contribution >= 4 is 17.2 Å².